The van der Waals surface area contributed by atoms with E-state index < -0.39 is 23.9 Å². The average molecular weight is 1850 g/mol. The van der Waals surface area contributed by atoms with Crippen molar-refractivity contribution in [3.05, 3.63) is 345 Å². The van der Waals surface area contributed by atoms with E-state index in [4.69, 9.17) is 56.8 Å². The predicted octanol–water partition coefficient (Wildman–Crippen LogP) is 21.2. The summed E-state index contributed by atoms with van der Waals surface area (Å²) >= 11 is 0. The van der Waals surface area contributed by atoms with Gasteiger partial charge in [0.1, 0.15) is 64.8 Å². The molecule has 25 heteroatoms. The molecule has 12 rings (SSSR count). The number of ketones is 8. The Hall–Kier alpha value is -14.5. The maximum atomic E-state index is 12.5. The molecule has 0 saturated heterocycles. The third-order valence-corrected chi connectivity index (χ3v) is 18.6. The van der Waals surface area contributed by atoms with E-state index in [1.165, 1.54) is 59.8 Å². The maximum absolute atomic E-state index is 12.5. The third-order valence-electron chi connectivity index (χ3n) is 18.6. The van der Waals surface area contributed by atoms with Crippen LogP contribution in [0, 0.1) is 26.8 Å². The molecule has 0 bridgehead atoms. The maximum Gasteiger partial charge on any atom is 0.343 e. The van der Waals surface area contributed by atoms with Crippen LogP contribution in [-0.2, 0) is 51.8 Å². The Morgan fingerprint density at radius 2 is 0.573 bits per heavy atom. The fourth-order valence-corrected chi connectivity index (χ4v) is 11.2. The first-order valence-corrected chi connectivity index (χ1v) is 40.4. The van der Waals surface area contributed by atoms with Gasteiger partial charge in [0.2, 0.25) is 0 Å². The zero-order valence-electron chi connectivity index (χ0n) is 76.9. The zero-order chi connectivity index (χ0) is 95.9. The van der Waals surface area contributed by atoms with Gasteiger partial charge < -0.3 is 56.8 Å². The smallest absolute Gasteiger partial charge is 0.343 e. The first-order valence-electron chi connectivity index (χ1n) is 40.4. The van der Waals surface area contributed by atoms with E-state index in [2.05, 4.69) is 6.07 Å². The van der Waals surface area contributed by atoms with Crippen molar-refractivity contribution in [2.45, 2.75) is 82.6 Å². The van der Waals surface area contributed by atoms with E-state index in [0.29, 0.717) is 91.0 Å². The van der Waals surface area contributed by atoms with Crippen molar-refractivity contribution in [1.29, 1.82) is 0 Å². The molecule has 0 spiro atoms. The van der Waals surface area contributed by atoms with E-state index in [9.17, 15) is 57.5 Å². The summed E-state index contributed by atoms with van der Waals surface area (Å²) in [5, 5.41) is 0. The van der Waals surface area contributed by atoms with E-state index in [1.54, 1.807) is 246 Å². The van der Waals surface area contributed by atoms with Crippen LogP contribution in [0.5, 0.6) is 57.5 Å². The van der Waals surface area contributed by atoms with E-state index in [1.807, 2.05) is 106 Å². The summed E-state index contributed by atoms with van der Waals surface area (Å²) < 4.78 is 61.3. The summed E-state index contributed by atoms with van der Waals surface area (Å²) in [5.41, 5.74) is 12.1. The minimum atomic E-state index is -0.537. The van der Waals surface area contributed by atoms with Crippen molar-refractivity contribution in [1.82, 2.24) is 0 Å². The molecule has 0 amide bonds. The van der Waals surface area contributed by atoms with Crippen LogP contribution >= 0.6 is 0 Å². The summed E-state index contributed by atoms with van der Waals surface area (Å²) in [4.78, 5) is 135. The topological polar surface area (TPSA) is 316 Å². The number of benzene rings is 12. The first-order chi connectivity index (χ1) is 62.1. The van der Waals surface area contributed by atoms with Gasteiger partial charge in [0, 0.05) is 95.8 Å². The van der Waals surface area contributed by atoms with E-state index in [-0.39, 0.29) is 92.0 Å². The molecule has 0 aliphatic carbocycles. The number of aryl methyl sites for hydroxylation is 3. The Balaban J connectivity index is 0.000000318. The number of carbonyl (C=O) groups is 12. The SMILES string of the molecule is CC(=O)c1ccc(C(C)=O)cc1.COCCOC(=O)c1ccc(C(C)=O)cc1.COc1c[c-]c(OC(=O)c2ccc(C(C)=O)cc2)cc1C.COc1cc(C)c(OC(=O)CC(C)=O)cc1C.COc1ccc(-c2ccc(OC)cc2)cc1.COc1ccc(C(C)=O)cc1.COc1ccc(C(C)=O)cc1.COc1ccc(OC(=O)c2ccc(C(C)=O)cc2)c(-c2ccccc2)c1.[Y]. The number of hydrogen-bond donors (Lipinski definition) is 0. The van der Waals surface area contributed by atoms with Gasteiger partial charge in [-0.05, 0) is 237 Å². The Kier molecular flexibility index (Phi) is 47.7. The van der Waals surface area contributed by atoms with Crippen LogP contribution in [-0.4, -0.2) is 140 Å². The van der Waals surface area contributed by atoms with Crippen molar-refractivity contribution in [3.63, 3.8) is 0 Å². The molecule has 0 fully saturated rings. The molecule has 0 N–H and O–H groups in total. The quantitative estimate of drug-likeness (QED) is 0.0115. The average Bonchev–Trinajstić information content (AvgIpc) is 0.816. The second kappa shape index (κ2) is 57.4. The molecule has 1 radical (unpaired) electrons. The number of esters is 4. The zero-order valence-corrected chi connectivity index (χ0v) is 79.7. The molecular formula is C106H107O24Y-. The normalized spacial score (nSPS) is 9.76. The van der Waals surface area contributed by atoms with Crippen LogP contribution in [0.25, 0.3) is 22.3 Å². The Labute approximate surface area is 789 Å². The summed E-state index contributed by atoms with van der Waals surface area (Å²) in [6.45, 7) is 18.0. The van der Waals surface area contributed by atoms with Crippen LogP contribution < -0.4 is 47.4 Å². The second-order valence-electron chi connectivity index (χ2n) is 28.2. The molecule has 24 nitrogen and oxygen atoms in total. The van der Waals surface area contributed by atoms with Crippen LogP contribution in [0.15, 0.2) is 267 Å². The largest absolute Gasteiger partial charge is 0.554 e. The Morgan fingerprint density at radius 3 is 0.901 bits per heavy atom. The first kappa shape index (κ1) is 109. The molecule has 0 saturated carbocycles. The molecule has 0 atom stereocenters. The fourth-order valence-electron chi connectivity index (χ4n) is 11.2. The van der Waals surface area contributed by atoms with Gasteiger partial charge in [-0.25, -0.2) is 14.4 Å². The second-order valence-corrected chi connectivity index (χ2v) is 28.2. The van der Waals surface area contributed by atoms with Gasteiger partial charge in [-0.15, -0.1) is 23.8 Å². The number of ether oxygens (including phenoxy) is 12. The minimum Gasteiger partial charge on any atom is -0.554 e. The van der Waals surface area contributed by atoms with E-state index in [0.717, 1.165) is 56.6 Å². The molecule has 12 aromatic carbocycles. The monoisotopic (exact) mass is 1850 g/mol. The molecule has 0 heterocycles. The number of methoxy groups -OCH3 is 8. The third kappa shape index (κ3) is 37.8. The van der Waals surface area contributed by atoms with Crippen LogP contribution in [0.2, 0.25) is 0 Å². The van der Waals surface area contributed by atoms with E-state index >= 15 is 0 Å². The van der Waals surface area contributed by atoms with Gasteiger partial charge in [0.05, 0.1) is 73.1 Å². The summed E-state index contributed by atoms with van der Waals surface area (Å²) in [5.74, 6) is 4.56. The standard InChI is InChI=1S/C22H18O4.C17H15O4.C14H14O2.C13H16O4.C12H14O4.C10H10O2.2C9H10O2.Y/c1-15(23)16-8-10-18(11-9-16)22(24)26-21-13-12-19(25-2)14-20(21)17-6-4-3-5-7-17;1-11-10-15(8-9-16(11)20-3)21-17(19)14-6-4-13(5-7-14)12(2)18;1-15-13-7-3-11(4-8-13)12-5-9-14(16-2)10-6-12;1-8-6-12(9(2)5-11(8)16-4)17-13(15)7-10(3)14;1-9(13)10-3-5-11(6-4-10)12(14)16-8-7-15-2;1-7(11)9-3-5-10(6-4-9)8(2)12;2*1-7(10)8-3-5-9(11-2)6-4-8;/h3-14H,1-2H3;4-7,9-10H,1-3H3;3-10H,1-2H3;5-6H,7H2,1-4H3;3-6H,7-8H2,1-2H3;3-6H,1-2H3;2*3-6H,1-2H3;/q;-1;;;;;;;. The number of rotatable bonds is 27. The van der Waals surface area contributed by atoms with Gasteiger partial charge >= 0.3 is 23.9 Å². The molecule has 0 aliphatic heterocycles. The number of hydrogen-bond acceptors (Lipinski definition) is 24. The summed E-state index contributed by atoms with van der Waals surface area (Å²) in [7, 11) is 12.8. The fraction of sp³-hybridized carbons (Fsp3) is 0.208. The van der Waals surface area contributed by atoms with Gasteiger partial charge in [0.25, 0.3) is 0 Å². The van der Waals surface area contributed by atoms with Gasteiger partial charge in [0.15, 0.2) is 40.5 Å². The van der Waals surface area contributed by atoms with Crippen molar-refractivity contribution in [2.24, 2.45) is 0 Å². The predicted molar refractivity (Wildman–Crippen MR) is 497 cm³/mol. The Bertz CT molecular complexity index is 5620. The van der Waals surface area contributed by atoms with Crippen LogP contribution in [0.4, 0.5) is 0 Å². The summed E-state index contributed by atoms with van der Waals surface area (Å²) in [6, 6.07) is 80.5. The van der Waals surface area contributed by atoms with Crippen molar-refractivity contribution in [3.8, 4) is 79.7 Å². The van der Waals surface area contributed by atoms with Crippen LogP contribution in [0.1, 0.15) is 182 Å². The summed E-state index contributed by atoms with van der Waals surface area (Å²) in [6.07, 6.45) is -0.204. The van der Waals surface area contributed by atoms with Gasteiger partial charge in [-0.2, -0.15) is 0 Å². The number of Topliss-reactive ketones (excluding diaryl/α,β-unsaturated/α-hetero) is 8. The van der Waals surface area contributed by atoms with Gasteiger partial charge in [-0.3, -0.25) is 43.2 Å². The van der Waals surface area contributed by atoms with Crippen molar-refractivity contribution >= 4 is 70.1 Å². The molecule has 12 aromatic rings. The molecule has 0 aromatic heterocycles. The molecule has 0 unspecified atom stereocenters. The molecule has 0 aliphatic rings. The molecular weight excluding hydrogens is 1750 g/mol. The van der Waals surface area contributed by atoms with Crippen LogP contribution in [0.3, 0.4) is 0 Å². The molecule has 679 valence electrons. The molecule has 131 heavy (non-hydrogen) atoms. The van der Waals surface area contributed by atoms with Gasteiger partial charge in [-0.1, -0.05) is 122 Å². The van der Waals surface area contributed by atoms with Crippen molar-refractivity contribution < 1.29 is 147 Å². The Morgan fingerprint density at radius 1 is 0.267 bits per heavy atom. The van der Waals surface area contributed by atoms with Crippen molar-refractivity contribution in [2.75, 3.05) is 70.1 Å². The number of carbonyl (C=O) groups excluding carboxylic acids is 12. The minimum absolute atomic E-state index is 0.